The molecule has 2 atom stereocenters. The number of likely N-dealkylation sites (tertiary alicyclic amines) is 1. The fraction of sp³-hybridized carbons (Fsp3) is 0.846. The third-order valence-corrected chi connectivity index (χ3v) is 3.40. The predicted octanol–water partition coefficient (Wildman–Crippen LogP) is 0.311. The average Bonchev–Trinajstić information content (AvgIpc) is 2.68. The predicted molar refractivity (Wildman–Crippen MR) is 71.1 cm³/mol. The van der Waals surface area contributed by atoms with Crippen molar-refractivity contribution in [1.82, 2.24) is 15.1 Å². The van der Waals surface area contributed by atoms with Crippen LogP contribution in [-0.2, 0) is 9.59 Å². The van der Waals surface area contributed by atoms with Gasteiger partial charge in [0.25, 0.3) is 0 Å². The van der Waals surface area contributed by atoms with Crippen LogP contribution in [-0.4, -0.2) is 61.4 Å². The lowest BCUT2D eigenvalue weighted by molar-refractivity contribution is -0.129. The van der Waals surface area contributed by atoms with Crippen molar-refractivity contribution in [3.63, 3.8) is 0 Å². The van der Waals surface area contributed by atoms with Gasteiger partial charge in [0, 0.05) is 32.1 Å². The van der Waals surface area contributed by atoms with E-state index in [1.165, 1.54) is 0 Å². The summed E-state index contributed by atoms with van der Waals surface area (Å²) in [6.07, 6.45) is 1.27. The highest BCUT2D eigenvalue weighted by atomic mass is 16.2. The van der Waals surface area contributed by atoms with Gasteiger partial charge in [-0.1, -0.05) is 6.92 Å². The van der Waals surface area contributed by atoms with Gasteiger partial charge in [-0.3, -0.25) is 9.59 Å². The molecule has 0 aromatic carbocycles. The topological polar surface area (TPSA) is 52.7 Å². The Kier molecular flexibility index (Phi) is 5.59. The minimum Gasteiger partial charge on any atom is -0.353 e. The van der Waals surface area contributed by atoms with E-state index >= 15 is 0 Å². The lowest BCUT2D eigenvalue weighted by Gasteiger charge is -2.19. The molecule has 0 saturated carbocycles. The molecule has 1 N–H and O–H groups in total. The maximum atomic E-state index is 11.9. The molecule has 0 aliphatic carbocycles. The largest absolute Gasteiger partial charge is 0.353 e. The Balaban J connectivity index is 2.42. The minimum atomic E-state index is -0.173. The molecule has 0 bridgehead atoms. The number of rotatable bonds is 6. The Morgan fingerprint density at radius 1 is 1.56 bits per heavy atom. The number of hydrogen-bond donors (Lipinski definition) is 1. The van der Waals surface area contributed by atoms with Crippen LogP contribution < -0.4 is 5.32 Å². The van der Waals surface area contributed by atoms with Gasteiger partial charge in [0.05, 0.1) is 5.92 Å². The van der Waals surface area contributed by atoms with E-state index in [9.17, 15) is 9.59 Å². The van der Waals surface area contributed by atoms with Crippen LogP contribution in [0.5, 0.6) is 0 Å². The zero-order chi connectivity index (χ0) is 13.7. The molecule has 5 nitrogen and oxygen atoms in total. The summed E-state index contributed by atoms with van der Waals surface area (Å²) in [6.45, 7) is 6.13. The van der Waals surface area contributed by atoms with Crippen molar-refractivity contribution in [1.29, 1.82) is 0 Å². The van der Waals surface area contributed by atoms with Crippen molar-refractivity contribution in [2.45, 2.75) is 32.7 Å². The SMILES string of the molecule is CCC(C)NC(=O)C1CC(=O)N(CCN(C)C)C1. The van der Waals surface area contributed by atoms with Crippen molar-refractivity contribution >= 4 is 11.8 Å². The molecule has 1 aliphatic heterocycles. The van der Waals surface area contributed by atoms with Gasteiger partial charge < -0.3 is 15.1 Å². The summed E-state index contributed by atoms with van der Waals surface area (Å²) in [6, 6.07) is 0.184. The zero-order valence-electron chi connectivity index (χ0n) is 11.9. The van der Waals surface area contributed by atoms with Crippen LogP contribution in [0.3, 0.4) is 0 Å². The second-order valence-corrected chi connectivity index (χ2v) is 5.36. The fourth-order valence-electron chi connectivity index (χ4n) is 1.95. The lowest BCUT2D eigenvalue weighted by Crippen LogP contribution is -2.38. The van der Waals surface area contributed by atoms with Crippen LogP contribution in [0.1, 0.15) is 26.7 Å². The van der Waals surface area contributed by atoms with Gasteiger partial charge in [-0.15, -0.1) is 0 Å². The van der Waals surface area contributed by atoms with Crippen LogP contribution in [0, 0.1) is 5.92 Å². The van der Waals surface area contributed by atoms with Gasteiger partial charge in [0.1, 0.15) is 0 Å². The van der Waals surface area contributed by atoms with Crippen molar-refractivity contribution in [2.75, 3.05) is 33.7 Å². The molecule has 0 aromatic rings. The number of hydrogen-bond acceptors (Lipinski definition) is 3. The Morgan fingerprint density at radius 3 is 2.78 bits per heavy atom. The zero-order valence-corrected chi connectivity index (χ0v) is 11.9. The van der Waals surface area contributed by atoms with Crippen LogP contribution in [0.25, 0.3) is 0 Å². The average molecular weight is 255 g/mol. The van der Waals surface area contributed by atoms with Crippen molar-refractivity contribution in [3.05, 3.63) is 0 Å². The number of likely N-dealkylation sites (N-methyl/N-ethyl adjacent to an activating group) is 1. The molecule has 0 radical (unpaired) electrons. The van der Waals surface area contributed by atoms with Crippen molar-refractivity contribution in [3.8, 4) is 0 Å². The molecule has 1 rings (SSSR count). The summed E-state index contributed by atoms with van der Waals surface area (Å²) in [4.78, 5) is 27.6. The van der Waals surface area contributed by atoms with E-state index in [0.717, 1.165) is 13.0 Å². The van der Waals surface area contributed by atoms with Crippen LogP contribution in [0.2, 0.25) is 0 Å². The minimum absolute atomic E-state index is 0.0186. The van der Waals surface area contributed by atoms with Crippen LogP contribution >= 0.6 is 0 Å². The normalized spacial score (nSPS) is 21.5. The Bertz CT molecular complexity index is 305. The number of carbonyl (C=O) groups excluding carboxylic acids is 2. The molecule has 18 heavy (non-hydrogen) atoms. The van der Waals surface area contributed by atoms with Crippen LogP contribution in [0.4, 0.5) is 0 Å². The molecule has 1 aliphatic rings. The van der Waals surface area contributed by atoms with Crippen molar-refractivity contribution in [2.24, 2.45) is 5.92 Å². The first-order valence-electron chi connectivity index (χ1n) is 6.67. The van der Waals surface area contributed by atoms with E-state index in [4.69, 9.17) is 0 Å². The molecule has 5 heteroatoms. The summed E-state index contributed by atoms with van der Waals surface area (Å²) in [5.74, 6) is -0.0557. The molecular weight excluding hydrogens is 230 g/mol. The maximum Gasteiger partial charge on any atom is 0.225 e. The van der Waals surface area contributed by atoms with Gasteiger partial charge >= 0.3 is 0 Å². The van der Waals surface area contributed by atoms with Gasteiger partial charge in [-0.25, -0.2) is 0 Å². The molecule has 0 aromatic heterocycles. The van der Waals surface area contributed by atoms with E-state index in [-0.39, 0.29) is 23.8 Å². The standard InChI is InChI=1S/C13H25N3O2/c1-5-10(2)14-13(18)11-8-12(17)16(9-11)7-6-15(3)4/h10-11H,5-9H2,1-4H3,(H,14,18). The molecule has 1 heterocycles. The Morgan fingerprint density at radius 2 is 2.22 bits per heavy atom. The van der Waals surface area contributed by atoms with Gasteiger partial charge in [0.2, 0.25) is 11.8 Å². The van der Waals surface area contributed by atoms with E-state index in [2.05, 4.69) is 5.32 Å². The monoisotopic (exact) mass is 255 g/mol. The first-order chi connectivity index (χ1) is 8.43. The Labute approximate surface area is 110 Å². The van der Waals surface area contributed by atoms with Gasteiger partial charge in [0.15, 0.2) is 0 Å². The fourth-order valence-corrected chi connectivity index (χ4v) is 1.95. The summed E-state index contributed by atoms with van der Waals surface area (Å²) in [7, 11) is 3.96. The number of amides is 2. The molecular formula is C13H25N3O2. The number of nitrogens with zero attached hydrogens (tertiary/aromatic N) is 2. The second-order valence-electron chi connectivity index (χ2n) is 5.36. The summed E-state index contributed by atoms with van der Waals surface area (Å²) < 4.78 is 0. The summed E-state index contributed by atoms with van der Waals surface area (Å²) in [5, 5.41) is 2.95. The first kappa shape index (κ1) is 15.0. The van der Waals surface area contributed by atoms with Crippen molar-refractivity contribution < 1.29 is 9.59 Å². The third kappa shape index (κ3) is 4.29. The van der Waals surface area contributed by atoms with E-state index in [1.807, 2.05) is 32.8 Å². The highest BCUT2D eigenvalue weighted by molar-refractivity contribution is 5.89. The third-order valence-electron chi connectivity index (χ3n) is 3.40. The summed E-state index contributed by atoms with van der Waals surface area (Å²) >= 11 is 0. The maximum absolute atomic E-state index is 11.9. The first-order valence-corrected chi connectivity index (χ1v) is 6.67. The Hall–Kier alpha value is -1.10. The van der Waals surface area contributed by atoms with E-state index < -0.39 is 0 Å². The molecule has 0 spiro atoms. The van der Waals surface area contributed by atoms with Gasteiger partial charge in [-0.05, 0) is 27.4 Å². The summed E-state index contributed by atoms with van der Waals surface area (Å²) in [5.41, 5.74) is 0. The second kappa shape index (κ2) is 6.73. The molecule has 104 valence electrons. The molecule has 1 saturated heterocycles. The van der Waals surface area contributed by atoms with E-state index in [0.29, 0.717) is 19.5 Å². The number of nitrogens with one attached hydrogen (secondary N) is 1. The van der Waals surface area contributed by atoms with Gasteiger partial charge in [-0.2, -0.15) is 0 Å². The molecule has 2 amide bonds. The molecule has 1 fully saturated rings. The van der Waals surface area contributed by atoms with Crippen LogP contribution in [0.15, 0.2) is 0 Å². The molecule has 2 unspecified atom stereocenters. The van der Waals surface area contributed by atoms with E-state index in [1.54, 1.807) is 4.90 Å². The smallest absolute Gasteiger partial charge is 0.225 e. The highest BCUT2D eigenvalue weighted by Gasteiger charge is 2.34. The quantitative estimate of drug-likeness (QED) is 0.743. The lowest BCUT2D eigenvalue weighted by atomic mass is 10.1. The highest BCUT2D eigenvalue weighted by Crippen LogP contribution is 2.17. The number of carbonyl (C=O) groups is 2.